The zero-order chi connectivity index (χ0) is 24.0. The van der Waals surface area contributed by atoms with E-state index >= 15 is 0 Å². The van der Waals surface area contributed by atoms with E-state index in [0.717, 1.165) is 23.5 Å². The molecular formula is C25H25N3O4S2. The lowest BCUT2D eigenvalue weighted by Gasteiger charge is -2.13. The predicted octanol–water partition coefficient (Wildman–Crippen LogP) is 3.85. The molecule has 9 heteroatoms. The summed E-state index contributed by atoms with van der Waals surface area (Å²) in [7, 11) is -3.74. The Hall–Kier alpha value is -3.14. The molecule has 34 heavy (non-hydrogen) atoms. The maximum atomic E-state index is 13.2. The van der Waals surface area contributed by atoms with E-state index < -0.39 is 10.0 Å². The Balaban J connectivity index is 1.47. The highest BCUT2D eigenvalue weighted by Gasteiger charge is 2.12. The second-order valence-electron chi connectivity index (χ2n) is 7.67. The van der Waals surface area contributed by atoms with Gasteiger partial charge in [0.15, 0.2) is 5.16 Å². The van der Waals surface area contributed by atoms with Crippen molar-refractivity contribution in [3.8, 4) is 5.75 Å². The summed E-state index contributed by atoms with van der Waals surface area (Å²) in [5, 5.41) is 6.40. The third-order valence-corrected chi connectivity index (χ3v) is 7.23. The summed E-state index contributed by atoms with van der Waals surface area (Å²) in [5.41, 5.74) is 1.48. The van der Waals surface area contributed by atoms with Gasteiger partial charge in [-0.1, -0.05) is 54.2 Å². The number of thioether (sulfide) groups is 1. The highest BCUT2D eigenvalue weighted by atomic mass is 32.2. The number of benzene rings is 3. The summed E-state index contributed by atoms with van der Waals surface area (Å²) < 4.78 is 30.4. The number of sulfonamides is 1. The average molecular weight is 496 g/mol. The molecule has 4 rings (SSSR count). The molecule has 0 saturated carbocycles. The zero-order valence-corrected chi connectivity index (χ0v) is 20.1. The van der Waals surface area contributed by atoms with E-state index in [0.29, 0.717) is 35.6 Å². The number of primary sulfonamides is 1. The molecule has 1 aromatic heterocycles. The van der Waals surface area contributed by atoms with Crippen LogP contribution in [0.25, 0.3) is 10.9 Å². The number of rotatable bonds is 10. The number of aryl methyl sites for hydroxylation is 1. The number of ether oxygens (including phenoxy) is 1. The number of nitrogens with zero attached hydrogens (tertiary/aromatic N) is 2. The Labute approximate surface area is 202 Å². The summed E-state index contributed by atoms with van der Waals surface area (Å²) in [6, 6.07) is 23.4. The third-order valence-electron chi connectivity index (χ3n) is 5.23. The Kier molecular flexibility index (Phi) is 7.66. The van der Waals surface area contributed by atoms with Crippen molar-refractivity contribution in [1.29, 1.82) is 0 Å². The van der Waals surface area contributed by atoms with Crippen molar-refractivity contribution >= 4 is 32.7 Å². The van der Waals surface area contributed by atoms with Crippen molar-refractivity contribution in [3.05, 3.63) is 94.8 Å². The molecule has 0 unspecified atom stereocenters. The van der Waals surface area contributed by atoms with E-state index in [1.165, 1.54) is 23.9 Å². The van der Waals surface area contributed by atoms with Gasteiger partial charge in [-0.15, -0.1) is 0 Å². The molecule has 2 N–H and O–H groups in total. The molecule has 0 atom stereocenters. The van der Waals surface area contributed by atoms with Crippen LogP contribution in [0.5, 0.6) is 5.75 Å². The van der Waals surface area contributed by atoms with E-state index in [4.69, 9.17) is 14.9 Å². The molecule has 3 aromatic carbocycles. The zero-order valence-electron chi connectivity index (χ0n) is 18.5. The van der Waals surface area contributed by atoms with Crippen LogP contribution in [0, 0.1) is 0 Å². The normalized spacial score (nSPS) is 11.6. The van der Waals surface area contributed by atoms with E-state index in [2.05, 4.69) is 0 Å². The van der Waals surface area contributed by atoms with Crippen molar-refractivity contribution in [3.63, 3.8) is 0 Å². The van der Waals surface area contributed by atoms with E-state index in [-0.39, 0.29) is 10.5 Å². The number of nitrogens with two attached hydrogens (primary N) is 1. The summed E-state index contributed by atoms with van der Waals surface area (Å²) in [6.45, 7) is 0.999. The molecule has 0 spiro atoms. The number of hydrogen-bond acceptors (Lipinski definition) is 6. The molecule has 0 aliphatic rings. The van der Waals surface area contributed by atoms with Gasteiger partial charge in [-0.25, -0.2) is 18.5 Å². The first-order valence-corrected chi connectivity index (χ1v) is 13.4. The Morgan fingerprint density at radius 2 is 1.65 bits per heavy atom. The van der Waals surface area contributed by atoms with Gasteiger partial charge in [-0.2, -0.15) is 0 Å². The maximum absolute atomic E-state index is 13.2. The van der Waals surface area contributed by atoms with Gasteiger partial charge in [-0.05, 0) is 54.8 Å². The van der Waals surface area contributed by atoms with Crippen LogP contribution in [0.4, 0.5) is 0 Å². The van der Waals surface area contributed by atoms with Crippen LogP contribution in [0.3, 0.4) is 0 Å². The average Bonchev–Trinajstić information content (AvgIpc) is 2.84. The highest BCUT2D eigenvalue weighted by Crippen LogP contribution is 2.20. The number of hydrogen-bond donors (Lipinski definition) is 1. The van der Waals surface area contributed by atoms with Crippen molar-refractivity contribution < 1.29 is 13.2 Å². The SMILES string of the molecule is NS(=O)(=O)c1ccc(CCn2c(SCCCOc3ccccc3)nc3ccccc3c2=O)cc1. The smallest absolute Gasteiger partial charge is 0.262 e. The predicted molar refractivity (Wildman–Crippen MR) is 135 cm³/mol. The third kappa shape index (κ3) is 6.05. The fraction of sp³-hybridized carbons (Fsp3) is 0.200. The molecule has 0 aliphatic carbocycles. The topological polar surface area (TPSA) is 104 Å². The van der Waals surface area contributed by atoms with Crippen LogP contribution in [0.15, 0.2) is 93.7 Å². The molecule has 0 amide bonds. The maximum Gasteiger partial charge on any atom is 0.262 e. The van der Waals surface area contributed by atoms with Crippen LogP contribution in [0.1, 0.15) is 12.0 Å². The lowest BCUT2D eigenvalue weighted by Crippen LogP contribution is -2.24. The van der Waals surface area contributed by atoms with Crippen LogP contribution in [0.2, 0.25) is 0 Å². The highest BCUT2D eigenvalue weighted by molar-refractivity contribution is 7.99. The minimum absolute atomic E-state index is 0.0646. The van der Waals surface area contributed by atoms with Gasteiger partial charge < -0.3 is 4.74 Å². The number of fused-ring (bicyclic) bond motifs is 1. The summed E-state index contributed by atoms with van der Waals surface area (Å²) in [6.07, 6.45) is 1.35. The molecule has 176 valence electrons. The summed E-state index contributed by atoms with van der Waals surface area (Å²) in [5.74, 6) is 1.59. The first-order chi connectivity index (χ1) is 16.4. The van der Waals surface area contributed by atoms with Crippen LogP contribution in [-0.4, -0.2) is 30.3 Å². The molecular weight excluding hydrogens is 470 g/mol. The van der Waals surface area contributed by atoms with Crippen LogP contribution >= 0.6 is 11.8 Å². The summed E-state index contributed by atoms with van der Waals surface area (Å²) in [4.78, 5) is 18.0. The van der Waals surface area contributed by atoms with Crippen molar-refractivity contribution in [1.82, 2.24) is 9.55 Å². The molecule has 0 radical (unpaired) electrons. The molecule has 4 aromatic rings. The van der Waals surface area contributed by atoms with Gasteiger partial charge in [-0.3, -0.25) is 9.36 Å². The minimum Gasteiger partial charge on any atom is -0.494 e. The van der Waals surface area contributed by atoms with Gasteiger partial charge in [0.25, 0.3) is 5.56 Å². The Morgan fingerprint density at radius 3 is 2.38 bits per heavy atom. The van der Waals surface area contributed by atoms with Gasteiger partial charge >= 0.3 is 0 Å². The fourth-order valence-corrected chi connectivity index (χ4v) is 4.92. The minimum atomic E-state index is -3.74. The van der Waals surface area contributed by atoms with Gasteiger partial charge in [0.2, 0.25) is 10.0 Å². The second kappa shape index (κ2) is 10.9. The standard InChI is InChI=1S/C25H25N3O4S2/c26-34(30,31)21-13-11-19(12-14-21)15-16-28-24(29)22-9-4-5-10-23(22)27-25(28)33-18-6-17-32-20-7-2-1-3-8-20/h1-5,7-14H,6,15-18H2,(H2,26,30,31). The largest absolute Gasteiger partial charge is 0.494 e. The lowest BCUT2D eigenvalue weighted by atomic mass is 10.1. The number of aromatic nitrogens is 2. The monoisotopic (exact) mass is 495 g/mol. The van der Waals surface area contributed by atoms with Crippen molar-refractivity contribution in [2.45, 2.75) is 29.4 Å². The van der Waals surface area contributed by atoms with Gasteiger partial charge in [0.1, 0.15) is 5.75 Å². The Morgan fingerprint density at radius 1 is 0.941 bits per heavy atom. The van der Waals surface area contributed by atoms with E-state index in [9.17, 15) is 13.2 Å². The fourth-order valence-electron chi connectivity index (χ4n) is 3.47. The Bertz CT molecular complexity index is 1420. The molecule has 0 fully saturated rings. The molecule has 0 bridgehead atoms. The molecule has 1 heterocycles. The molecule has 0 saturated heterocycles. The van der Waals surface area contributed by atoms with E-state index in [1.54, 1.807) is 22.8 Å². The van der Waals surface area contributed by atoms with E-state index in [1.807, 2.05) is 48.5 Å². The molecule has 0 aliphatic heterocycles. The summed E-state index contributed by atoms with van der Waals surface area (Å²) >= 11 is 1.53. The van der Waals surface area contributed by atoms with Crippen LogP contribution < -0.4 is 15.4 Å². The van der Waals surface area contributed by atoms with Gasteiger partial charge in [0.05, 0.1) is 22.4 Å². The first kappa shape index (κ1) is 24.0. The first-order valence-electron chi connectivity index (χ1n) is 10.8. The molecule has 7 nitrogen and oxygen atoms in total. The second-order valence-corrected chi connectivity index (χ2v) is 10.3. The lowest BCUT2D eigenvalue weighted by molar-refractivity contribution is 0.318. The van der Waals surface area contributed by atoms with Crippen molar-refractivity contribution in [2.24, 2.45) is 5.14 Å². The van der Waals surface area contributed by atoms with Crippen molar-refractivity contribution in [2.75, 3.05) is 12.4 Å². The van der Waals surface area contributed by atoms with Crippen LogP contribution in [-0.2, 0) is 23.0 Å². The van der Waals surface area contributed by atoms with Gasteiger partial charge in [0, 0.05) is 12.3 Å². The quantitative estimate of drug-likeness (QED) is 0.204. The number of para-hydroxylation sites is 2.